The van der Waals surface area contributed by atoms with E-state index in [1.165, 1.54) is 23.5 Å². The lowest BCUT2D eigenvalue weighted by molar-refractivity contribution is -0.113. The van der Waals surface area contributed by atoms with Crippen LogP contribution in [0.25, 0.3) is 11.4 Å². The Morgan fingerprint density at radius 1 is 1.31 bits per heavy atom. The van der Waals surface area contributed by atoms with Gasteiger partial charge in [0.1, 0.15) is 5.75 Å². The standard InChI is InChI=1S/C16H15ClN6O2S/c1-25-13-3-2-11(17)8-12(13)20-14(24)9-26-16-22-21-15(23(16)18)10-4-6-19-7-5-10/h2-8H,9,18H2,1H3,(H,20,24). The first-order valence-corrected chi connectivity index (χ1v) is 8.82. The summed E-state index contributed by atoms with van der Waals surface area (Å²) in [6, 6.07) is 8.54. The van der Waals surface area contributed by atoms with Crippen LogP contribution < -0.4 is 15.9 Å². The van der Waals surface area contributed by atoms with Crippen LogP contribution in [0.2, 0.25) is 5.02 Å². The van der Waals surface area contributed by atoms with Gasteiger partial charge >= 0.3 is 0 Å². The Labute approximate surface area is 158 Å². The van der Waals surface area contributed by atoms with Crippen LogP contribution >= 0.6 is 23.4 Å². The van der Waals surface area contributed by atoms with Crippen molar-refractivity contribution in [3.05, 3.63) is 47.7 Å². The number of benzene rings is 1. The Kier molecular flexibility index (Phi) is 5.59. The molecule has 0 saturated carbocycles. The summed E-state index contributed by atoms with van der Waals surface area (Å²) in [5, 5.41) is 11.8. The van der Waals surface area contributed by atoms with Gasteiger partial charge in [-0.15, -0.1) is 10.2 Å². The largest absolute Gasteiger partial charge is 0.495 e. The maximum atomic E-state index is 12.2. The van der Waals surface area contributed by atoms with Crippen molar-refractivity contribution < 1.29 is 9.53 Å². The number of amides is 1. The summed E-state index contributed by atoms with van der Waals surface area (Å²) in [6.07, 6.45) is 3.28. The number of carbonyl (C=O) groups excluding carboxylic acids is 1. The van der Waals surface area contributed by atoms with Crippen molar-refractivity contribution >= 4 is 35.0 Å². The third-order valence-corrected chi connectivity index (χ3v) is 4.55. The molecule has 0 radical (unpaired) electrons. The van der Waals surface area contributed by atoms with E-state index in [4.69, 9.17) is 22.2 Å². The molecule has 2 aromatic heterocycles. The quantitative estimate of drug-likeness (QED) is 0.491. The van der Waals surface area contributed by atoms with E-state index in [1.807, 2.05) is 0 Å². The van der Waals surface area contributed by atoms with Gasteiger partial charge in [-0.25, -0.2) is 4.68 Å². The normalized spacial score (nSPS) is 10.5. The third-order valence-electron chi connectivity index (χ3n) is 3.37. The van der Waals surface area contributed by atoms with Gasteiger partial charge in [-0.2, -0.15) is 0 Å². The maximum Gasteiger partial charge on any atom is 0.234 e. The lowest BCUT2D eigenvalue weighted by atomic mass is 10.2. The van der Waals surface area contributed by atoms with E-state index >= 15 is 0 Å². The van der Waals surface area contributed by atoms with Gasteiger partial charge in [0.25, 0.3) is 0 Å². The summed E-state index contributed by atoms with van der Waals surface area (Å²) in [5.41, 5.74) is 1.28. The third kappa shape index (κ3) is 4.06. The summed E-state index contributed by atoms with van der Waals surface area (Å²) in [4.78, 5) is 16.2. The highest BCUT2D eigenvalue weighted by Crippen LogP contribution is 2.28. The Morgan fingerprint density at radius 3 is 2.81 bits per heavy atom. The maximum absolute atomic E-state index is 12.2. The van der Waals surface area contributed by atoms with Crippen molar-refractivity contribution in [2.45, 2.75) is 5.16 Å². The fourth-order valence-electron chi connectivity index (χ4n) is 2.17. The number of methoxy groups -OCH3 is 1. The molecule has 0 fully saturated rings. The molecule has 1 amide bonds. The first kappa shape index (κ1) is 18.0. The predicted octanol–water partition coefficient (Wildman–Crippen LogP) is 2.45. The number of aromatic nitrogens is 4. The van der Waals surface area contributed by atoms with Crippen LogP contribution in [0.5, 0.6) is 5.75 Å². The zero-order valence-corrected chi connectivity index (χ0v) is 15.3. The van der Waals surface area contributed by atoms with Gasteiger partial charge in [-0.1, -0.05) is 23.4 Å². The number of nitrogen functional groups attached to an aromatic ring is 1. The number of thioether (sulfide) groups is 1. The van der Waals surface area contributed by atoms with E-state index in [2.05, 4.69) is 20.5 Å². The molecule has 0 spiro atoms. The average Bonchev–Trinajstić information content (AvgIpc) is 3.01. The minimum Gasteiger partial charge on any atom is -0.495 e. The molecule has 0 aliphatic rings. The molecule has 10 heteroatoms. The van der Waals surface area contributed by atoms with Crippen molar-refractivity contribution in [2.24, 2.45) is 0 Å². The van der Waals surface area contributed by atoms with Crippen molar-refractivity contribution in [1.82, 2.24) is 19.9 Å². The monoisotopic (exact) mass is 390 g/mol. The second kappa shape index (κ2) is 8.07. The number of carbonyl (C=O) groups is 1. The van der Waals surface area contributed by atoms with Crippen LogP contribution in [0.4, 0.5) is 5.69 Å². The minimum absolute atomic E-state index is 0.0986. The van der Waals surface area contributed by atoms with Crippen LogP contribution in [-0.2, 0) is 4.79 Å². The number of nitrogens with zero attached hydrogens (tertiary/aromatic N) is 4. The second-order valence-electron chi connectivity index (χ2n) is 5.09. The van der Waals surface area contributed by atoms with Gasteiger partial charge in [-0.3, -0.25) is 9.78 Å². The number of pyridine rings is 1. The number of anilines is 1. The molecule has 3 N–H and O–H groups in total. The summed E-state index contributed by atoms with van der Waals surface area (Å²) < 4.78 is 6.54. The Morgan fingerprint density at radius 2 is 2.08 bits per heavy atom. The Balaban J connectivity index is 1.66. The van der Waals surface area contributed by atoms with Gasteiger partial charge in [-0.05, 0) is 30.3 Å². The van der Waals surface area contributed by atoms with Crippen LogP contribution in [0.15, 0.2) is 47.9 Å². The fraction of sp³-hybridized carbons (Fsp3) is 0.125. The first-order chi connectivity index (χ1) is 12.6. The van der Waals surface area contributed by atoms with E-state index in [1.54, 1.807) is 42.7 Å². The lowest BCUT2D eigenvalue weighted by Crippen LogP contribution is -2.16. The minimum atomic E-state index is -0.246. The molecule has 0 bridgehead atoms. The molecule has 26 heavy (non-hydrogen) atoms. The van der Waals surface area contributed by atoms with E-state index in [0.717, 1.165) is 5.56 Å². The lowest BCUT2D eigenvalue weighted by Gasteiger charge is -2.10. The predicted molar refractivity (Wildman–Crippen MR) is 101 cm³/mol. The number of hydrogen-bond acceptors (Lipinski definition) is 7. The molecular formula is C16H15ClN6O2S. The number of hydrogen-bond donors (Lipinski definition) is 2. The zero-order valence-electron chi connectivity index (χ0n) is 13.7. The van der Waals surface area contributed by atoms with Crippen LogP contribution in [-0.4, -0.2) is 38.6 Å². The first-order valence-electron chi connectivity index (χ1n) is 7.45. The van der Waals surface area contributed by atoms with Crippen LogP contribution in [0, 0.1) is 0 Å². The molecule has 2 heterocycles. The summed E-state index contributed by atoms with van der Waals surface area (Å²) >= 11 is 7.13. The molecule has 0 unspecified atom stereocenters. The van der Waals surface area contributed by atoms with E-state index in [9.17, 15) is 4.79 Å². The number of nitrogens with one attached hydrogen (secondary N) is 1. The van der Waals surface area contributed by atoms with Gasteiger partial charge in [0.15, 0.2) is 5.82 Å². The van der Waals surface area contributed by atoms with Crippen molar-refractivity contribution in [3.8, 4) is 17.1 Å². The van der Waals surface area contributed by atoms with E-state index in [-0.39, 0.29) is 11.7 Å². The highest BCUT2D eigenvalue weighted by molar-refractivity contribution is 7.99. The molecular weight excluding hydrogens is 376 g/mol. The second-order valence-corrected chi connectivity index (χ2v) is 6.47. The fourth-order valence-corrected chi connectivity index (χ4v) is 3.00. The van der Waals surface area contributed by atoms with Crippen molar-refractivity contribution in [1.29, 1.82) is 0 Å². The molecule has 134 valence electrons. The van der Waals surface area contributed by atoms with E-state index < -0.39 is 0 Å². The van der Waals surface area contributed by atoms with Crippen molar-refractivity contribution in [3.63, 3.8) is 0 Å². The molecule has 3 aromatic rings. The number of rotatable bonds is 6. The Bertz CT molecular complexity index is 918. The number of nitrogens with two attached hydrogens (primary N) is 1. The smallest absolute Gasteiger partial charge is 0.234 e. The molecule has 8 nitrogen and oxygen atoms in total. The van der Waals surface area contributed by atoms with Crippen LogP contribution in [0.1, 0.15) is 0 Å². The number of halogens is 1. The Hall–Kier alpha value is -2.78. The molecule has 3 rings (SSSR count). The molecule has 0 aliphatic heterocycles. The average molecular weight is 391 g/mol. The van der Waals surface area contributed by atoms with Crippen LogP contribution in [0.3, 0.4) is 0 Å². The summed E-state index contributed by atoms with van der Waals surface area (Å²) in [6.45, 7) is 0. The van der Waals surface area contributed by atoms with Gasteiger partial charge in [0.2, 0.25) is 11.1 Å². The molecule has 0 saturated heterocycles. The van der Waals surface area contributed by atoms with Crippen molar-refractivity contribution in [2.75, 3.05) is 24.0 Å². The highest BCUT2D eigenvalue weighted by Gasteiger charge is 2.14. The number of ether oxygens (including phenoxy) is 1. The van der Waals surface area contributed by atoms with E-state index in [0.29, 0.717) is 27.4 Å². The van der Waals surface area contributed by atoms with Gasteiger partial charge in [0.05, 0.1) is 18.6 Å². The molecule has 1 aromatic carbocycles. The highest BCUT2D eigenvalue weighted by atomic mass is 35.5. The molecule has 0 atom stereocenters. The van der Waals surface area contributed by atoms with Gasteiger partial charge in [0, 0.05) is 23.0 Å². The zero-order chi connectivity index (χ0) is 18.5. The molecule has 0 aliphatic carbocycles. The SMILES string of the molecule is COc1ccc(Cl)cc1NC(=O)CSc1nnc(-c2ccncc2)n1N. The summed E-state index contributed by atoms with van der Waals surface area (Å²) in [7, 11) is 1.52. The topological polar surface area (TPSA) is 108 Å². The van der Waals surface area contributed by atoms with Gasteiger partial charge < -0.3 is 15.9 Å². The summed E-state index contributed by atoms with van der Waals surface area (Å²) in [5.74, 6) is 6.89.